The van der Waals surface area contributed by atoms with Crippen LogP contribution in [0.2, 0.25) is 0 Å². The van der Waals surface area contributed by atoms with Gasteiger partial charge >= 0.3 is 0 Å². The number of benzene rings is 2. The predicted octanol–water partition coefficient (Wildman–Crippen LogP) is 5.87. The molecule has 3 aliphatic carbocycles. The minimum atomic E-state index is -0.935. The molecule has 1 heterocycles. The number of hydrogen-bond acceptors (Lipinski definition) is 6. The quantitative estimate of drug-likeness (QED) is 0.216. The van der Waals surface area contributed by atoms with Crippen molar-refractivity contribution < 1.29 is 15.0 Å². The number of carbonyl (C=O) groups excluding carboxylic acids is 1. The van der Waals surface area contributed by atoms with Crippen LogP contribution in [0.1, 0.15) is 85.3 Å². The molecule has 7 heteroatoms. The van der Waals surface area contributed by atoms with E-state index in [1.807, 2.05) is 36.4 Å². The molecule has 38 heavy (non-hydrogen) atoms. The lowest BCUT2D eigenvalue weighted by Gasteiger charge is -2.44. The fraction of sp³-hybridized carbons (Fsp3) is 0.452. The van der Waals surface area contributed by atoms with Gasteiger partial charge in [-0.25, -0.2) is 4.98 Å². The van der Waals surface area contributed by atoms with Gasteiger partial charge in [-0.1, -0.05) is 72.8 Å². The number of allylic oxidation sites excluding steroid dienone is 2. The van der Waals surface area contributed by atoms with Gasteiger partial charge in [0.1, 0.15) is 6.33 Å². The number of aromatic nitrogens is 3. The van der Waals surface area contributed by atoms with Crippen molar-refractivity contribution in [1.82, 2.24) is 15.2 Å². The molecule has 6 nitrogen and oxygen atoms in total. The minimum absolute atomic E-state index is 0.00593. The Morgan fingerprint density at radius 1 is 1.16 bits per heavy atom. The second-order valence-electron chi connectivity index (χ2n) is 11.2. The largest absolute Gasteiger partial charge is 0.393 e. The highest BCUT2D eigenvalue weighted by molar-refractivity contribution is 7.99. The van der Waals surface area contributed by atoms with Gasteiger partial charge in [0.15, 0.2) is 10.9 Å². The average molecular weight is 532 g/mol. The summed E-state index contributed by atoms with van der Waals surface area (Å²) in [5, 5.41) is 30.5. The van der Waals surface area contributed by atoms with Crippen molar-refractivity contribution in [2.75, 3.05) is 5.75 Å². The molecule has 0 unspecified atom stereocenters. The summed E-state index contributed by atoms with van der Waals surface area (Å²) >= 11 is 1.50. The number of aliphatic hydroxyl groups excluding tert-OH is 1. The molecular weight excluding hydrogens is 494 g/mol. The number of H-pyrrole nitrogens is 1. The number of nitrogens with zero attached hydrogens (tertiary/aromatic N) is 2. The predicted molar refractivity (Wildman–Crippen MR) is 150 cm³/mol. The van der Waals surface area contributed by atoms with E-state index in [4.69, 9.17) is 0 Å². The van der Waals surface area contributed by atoms with Gasteiger partial charge in [-0.3, -0.25) is 9.89 Å². The van der Waals surface area contributed by atoms with Crippen molar-refractivity contribution in [1.29, 1.82) is 0 Å². The van der Waals surface area contributed by atoms with Crippen LogP contribution in [0.25, 0.3) is 0 Å². The highest BCUT2D eigenvalue weighted by atomic mass is 32.2. The van der Waals surface area contributed by atoms with E-state index in [2.05, 4.69) is 47.2 Å². The zero-order chi connectivity index (χ0) is 26.8. The summed E-state index contributed by atoms with van der Waals surface area (Å²) in [4.78, 5) is 18.1. The van der Waals surface area contributed by atoms with E-state index >= 15 is 0 Å². The highest BCUT2D eigenvalue weighted by Crippen LogP contribution is 2.59. The van der Waals surface area contributed by atoms with Gasteiger partial charge in [0.25, 0.3) is 0 Å². The Hall–Kier alpha value is -2.74. The first-order valence-corrected chi connectivity index (χ1v) is 14.5. The molecule has 0 spiro atoms. The second kappa shape index (κ2) is 11.2. The van der Waals surface area contributed by atoms with E-state index in [9.17, 15) is 15.0 Å². The van der Waals surface area contributed by atoms with Crippen molar-refractivity contribution in [2.45, 2.75) is 81.6 Å². The van der Waals surface area contributed by atoms with E-state index in [1.165, 1.54) is 23.7 Å². The van der Waals surface area contributed by atoms with Crippen molar-refractivity contribution in [3.05, 3.63) is 88.8 Å². The number of nitrogens with one attached hydrogen (secondary N) is 1. The highest BCUT2D eigenvalue weighted by Gasteiger charge is 2.56. The van der Waals surface area contributed by atoms with Crippen LogP contribution >= 0.6 is 11.8 Å². The summed E-state index contributed by atoms with van der Waals surface area (Å²) in [6.07, 6.45) is 8.41. The monoisotopic (exact) mass is 531 g/mol. The van der Waals surface area contributed by atoms with E-state index in [-0.39, 0.29) is 11.7 Å². The standard InChI is InChI=1S/C31H37N3O3S/c1-21-7-6-15-30(2)27(14-16-31(30,37)19-38-29-32-20-33-34-29)25-13-11-22(17-24(35)12-10-21)18-26(25)28(36)23-8-4-3-5-9-23/h3-5,7-9,11,13,18,20,24,27,35,37H,6,10,12,14-17,19H2,1-2H3,(H,32,33,34)/t24-,27-,30-,31+/m0/s1. The summed E-state index contributed by atoms with van der Waals surface area (Å²) in [7, 11) is 0. The summed E-state index contributed by atoms with van der Waals surface area (Å²) in [6, 6.07) is 15.6. The lowest BCUT2D eigenvalue weighted by Crippen LogP contribution is -2.46. The van der Waals surface area contributed by atoms with Crippen molar-refractivity contribution in [3.63, 3.8) is 0 Å². The van der Waals surface area contributed by atoms with E-state index in [0.29, 0.717) is 41.3 Å². The lowest BCUT2D eigenvalue weighted by atomic mass is 9.65. The number of rotatable bonds is 5. The van der Waals surface area contributed by atoms with Crippen LogP contribution in [0.15, 0.2) is 71.7 Å². The molecule has 3 N–H and O–H groups in total. The zero-order valence-corrected chi connectivity index (χ0v) is 23.0. The van der Waals surface area contributed by atoms with Gasteiger partial charge in [0.05, 0.1) is 11.7 Å². The average Bonchev–Trinajstić information content (AvgIpc) is 3.53. The number of aromatic amines is 1. The van der Waals surface area contributed by atoms with Crippen LogP contribution in [0, 0.1) is 5.41 Å². The van der Waals surface area contributed by atoms with Gasteiger partial charge in [-0.05, 0) is 75.0 Å². The Balaban J connectivity index is 1.59. The number of aliphatic hydroxyl groups is 2. The van der Waals surface area contributed by atoms with E-state index in [0.717, 1.165) is 36.8 Å². The molecule has 0 radical (unpaired) electrons. The maximum atomic E-state index is 13.9. The molecule has 1 fully saturated rings. The number of ketones is 1. The first-order valence-electron chi connectivity index (χ1n) is 13.6. The molecular formula is C31H37N3O3S. The van der Waals surface area contributed by atoms with Crippen LogP contribution in [0.4, 0.5) is 0 Å². The van der Waals surface area contributed by atoms with Crippen LogP contribution in [0.3, 0.4) is 0 Å². The van der Waals surface area contributed by atoms with Gasteiger partial charge in [0, 0.05) is 22.3 Å². The molecule has 3 aromatic rings. The molecule has 0 aliphatic heterocycles. The van der Waals surface area contributed by atoms with Gasteiger partial charge in [-0.2, -0.15) is 5.10 Å². The maximum Gasteiger partial charge on any atom is 0.193 e. The molecule has 4 atom stereocenters. The van der Waals surface area contributed by atoms with E-state index in [1.54, 1.807) is 0 Å². The van der Waals surface area contributed by atoms with Crippen molar-refractivity contribution in [2.24, 2.45) is 5.41 Å². The van der Waals surface area contributed by atoms with Crippen LogP contribution in [-0.4, -0.2) is 48.6 Å². The zero-order valence-electron chi connectivity index (χ0n) is 22.2. The fourth-order valence-corrected chi connectivity index (χ4v) is 7.46. The number of carbonyl (C=O) groups is 1. The Morgan fingerprint density at radius 3 is 2.74 bits per heavy atom. The first-order chi connectivity index (χ1) is 18.3. The fourth-order valence-electron chi connectivity index (χ4n) is 6.37. The Kier molecular flexibility index (Phi) is 7.89. The summed E-state index contributed by atoms with van der Waals surface area (Å²) < 4.78 is 0. The Morgan fingerprint density at radius 2 is 1.97 bits per heavy atom. The van der Waals surface area contributed by atoms with Crippen LogP contribution < -0.4 is 0 Å². The third-order valence-corrected chi connectivity index (χ3v) is 9.88. The molecule has 3 aliphatic rings. The maximum absolute atomic E-state index is 13.9. The normalized spacial score (nSPS) is 27.9. The molecule has 2 bridgehead atoms. The lowest BCUT2D eigenvalue weighted by molar-refractivity contribution is -0.0422. The van der Waals surface area contributed by atoms with Gasteiger partial charge in [-0.15, -0.1) is 0 Å². The molecule has 2 aromatic carbocycles. The molecule has 0 saturated heterocycles. The third kappa shape index (κ3) is 5.37. The molecule has 0 amide bonds. The van der Waals surface area contributed by atoms with Crippen molar-refractivity contribution >= 4 is 17.5 Å². The smallest absolute Gasteiger partial charge is 0.193 e. The second-order valence-corrected chi connectivity index (χ2v) is 12.2. The topological polar surface area (TPSA) is 99.1 Å². The Bertz CT molecular complexity index is 1290. The Labute approximate surface area is 229 Å². The van der Waals surface area contributed by atoms with Crippen molar-refractivity contribution in [3.8, 4) is 0 Å². The molecule has 1 saturated carbocycles. The summed E-state index contributed by atoms with van der Waals surface area (Å²) in [6.45, 7) is 4.33. The minimum Gasteiger partial charge on any atom is -0.393 e. The van der Waals surface area contributed by atoms with Gasteiger partial charge in [0.2, 0.25) is 0 Å². The third-order valence-electron chi connectivity index (χ3n) is 8.79. The molecule has 200 valence electrons. The SMILES string of the molecule is CC1=CCC[C@@]2(C)[C@@H](CC[C@@]2(O)CSc2ncn[nH]2)c2ccc(cc2C(=O)c2ccccc2)C[C@@H](O)CC1. The first kappa shape index (κ1) is 26.9. The summed E-state index contributed by atoms with van der Waals surface area (Å²) in [5.41, 5.74) is 3.19. The van der Waals surface area contributed by atoms with Crippen LogP contribution in [-0.2, 0) is 6.42 Å². The van der Waals surface area contributed by atoms with Gasteiger partial charge < -0.3 is 10.2 Å². The number of thioether (sulfide) groups is 1. The number of hydrogen-bond donors (Lipinski definition) is 3. The van der Waals surface area contributed by atoms with E-state index < -0.39 is 17.1 Å². The molecule has 6 rings (SSSR count). The summed E-state index contributed by atoms with van der Waals surface area (Å²) in [5.74, 6) is 0.513. The molecule has 1 aromatic heterocycles. The van der Waals surface area contributed by atoms with Crippen LogP contribution in [0.5, 0.6) is 0 Å². The number of fused-ring (bicyclic) bond motifs is 8.